The number of rotatable bonds is 5. The van der Waals surface area contributed by atoms with E-state index in [1.165, 1.54) is 12.1 Å². The van der Waals surface area contributed by atoms with Crippen LogP contribution < -0.4 is 5.32 Å². The molecular formula is C16H18FN5S. The van der Waals surface area contributed by atoms with E-state index in [1.807, 2.05) is 24.7 Å². The Hall–Kier alpha value is -2.12. The van der Waals surface area contributed by atoms with E-state index in [9.17, 15) is 4.39 Å². The van der Waals surface area contributed by atoms with Crippen molar-refractivity contribution in [1.29, 1.82) is 0 Å². The Labute approximate surface area is 138 Å². The maximum atomic E-state index is 13.0. The number of nitrogens with zero attached hydrogens (tertiary/aromatic N) is 4. The number of halogens is 1. The van der Waals surface area contributed by atoms with Crippen molar-refractivity contribution in [2.45, 2.75) is 33.4 Å². The lowest BCUT2D eigenvalue weighted by atomic mass is 10.1. The molecule has 7 heteroatoms. The molecule has 0 bridgehead atoms. The van der Waals surface area contributed by atoms with Crippen LogP contribution in [-0.4, -0.2) is 20.0 Å². The second-order valence-corrected chi connectivity index (χ2v) is 6.66. The minimum Gasteiger partial charge on any atom is -0.304 e. The number of nitrogens with one attached hydrogen (secondary N) is 1. The molecule has 0 unspecified atom stereocenters. The van der Waals surface area contributed by atoms with Crippen LogP contribution in [0.5, 0.6) is 0 Å². The molecule has 23 heavy (non-hydrogen) atoms. The van der Waals surface area contributed by atoms with E-state index in [0.717, 1.165) is 27.0 Å². The van der Waals surface area contributed by atoms with Gasteiger partial charge in [-0.2, -0.15) is 5.10 Å². The van der Waals surface area contributed by atoms with E-state index >= 15 is 0 Å². The average molecular weight is 331 g/mol. The Morgan fingerprint density at radius 3 is 2.61 bits per heavy atom. The number of benzene rings is 1. The zero-order chi connectivity index (χ0) is 16.4. The first-order valence-corrected chi connectivity index (χ1v) is 8.19. The van der Waals surface area contributed by atoms with Crippen LogP contribution >= 0.6 is 11.3 Å². The Morgan fingerprint density at radius 1 is 1.22 bits per heavy atom. The zero-order valence-electron chi connectivity index (χ0n) is 13.2. The third-order valence-electron chi connectivity index (χ3n) is 3.71. The Morgan fingerprint density at radius 2 is 1.96 bits per heavy atom. The van der Waals surface area contributed by atoms with E-state index < -0.39 is 0 Å². The molecular weight excluding hydrogens is 313 g/mol. The topological polar surface area (TPSA) is 55.6 Å². The van der Waals surface area contributed by atoms with Crippen molar-refractivity contribution < 1.29 is 4.39 Å². The van der Waals surface area contributed by atoms with Crippen molar-refractivity contribution in [3.8, 4) is 5.69 Å². The molecule has 0 saturated heterocycles. The fourth-order valence-corrected chi connectivity index (χ4v) is 3.11. The largest absolute Gasteiger partial charge is 0.304 e. The van der Waals surface area contributed by atoms with Gasteiger partial charge in [-0.15, -0.1) is 21.5 Å². The molecule has 2 heterocycles. The Bertz CT molecular complexity index is 793. The van der Waals surface area contributed by atoms with Crippen LogP contribution in [0.3, 0.4) is 0 Å². The SMILES string of the molecule is Cc1nnc(CN[C@H](C)c2cnn(-c3ccc(F)cc3)c2C)s1. The normalized spacial score (nSPS) is 12.5. The summed E-state index contributed by atoms with van der Waals surface area (Å²) in [4.78, 5) is 0. The molecule has 0 fully saturated rings. The van der Waals surface area contributed by atoms with Crippen LogP contribution in [0.25, 0.3) is 5.69 Å². The zero-order valence-corrected chi connectivity index (χ0v) is 14.1. The second-order valence-electron chi connectivity index (χ2n) is 5.39. The van der Waals surface area contributed by atoms with Crippen LogP contribution in [0.4, 0.5) is 4.39 Å². The van der Waals surface area contributed by atoms with Crippen LogP contribution in [0, 0.1) is 19.7 Å². The second kappa shape index (κ2) is 6.55. The molecule has 0 aliphatic heterocycles. The standard InChI is InChI=1S/C16H18FN5S/c1-10(18-9-16-21-20-12(3)23-16)15-8-19-22(11(15)2)14-6-4-13(17)5-7-14/h4-8,10,18H,9H2,1-3H3/t10-/m1/s1. The minimum absolute atomic E-state index is 0.133. The van der Waals surface area contributed by atoms with Gasteiger partial charge in [0.05, 0.1) is 18.4 Å². The van der Waals surface area contributed by atoms with Gasteiger partial charge < -0.3 is 5.32 Å². The Kier molecular flexibility index (Phi) is 4.49. The number of aryl methyl sites for hydroxylation is 1. The predicted octanol–water partition coefficient (Wildman–Crippen LogP) is 3.33. The fourth-order valence-electron chi connectivity index (χ4n) is 2.45. The van der Waals surface area contributed by atoms with E-state index in [-0.39, 0.29) is 11.9 Å². The Balaban J connectivity index is 1.74. The van der Waals surface area contributed by atoms with Gasteiger partial charge in [0.25, 0.3) is 0 Å². The molecule has 3 rings (SSSR count). The summed E-state index contributed by atoms with van der Waals surface area (Å²) in [7, 11) is 0. The highest BCUT2D eigenvalue weighted by molar-refractivity contribution is 7.11. The number of hydrogen-bond acceptors (Lipinski definition) is 5. The lowest BCUT2D eigenvalue weighted by Crippen LogP contribution is -2.18. The maximum Gasteiger partial charge on any atom is 0.131 e. The molecule has 0 radical (unpaired) electrons. The van der Waals surface area contributed by atoms with E-state index in [0.29, 0.717) is 6.54 Å². The first-order chi connectivity index (χ1) is 11.0. The molecule has 3 aromatic rings. The monoisotopic (exact) mass is 331 g/mol. The first-order valence-electron chi connectivity index (χ1n) is 7.37. The molecule has 2 aromatic heterocycles. The van der Waals surface area contributed by atoms with E-state index in [1.54, 1.807) is 23.5 Å². The third-order valence-corrected chi connectivity index (χ3v) is 4.55. The highest BCUT2D eigenvalue weighted by Crippen LogP contribution is 2.21. The van der Waals surface area contributed by atoms with Gasteiger partial charge in [-0.3, -0.25) is 0 Å². The molecule has 1 atom stereocenters. The minimum atomic E-state index is -0.249. The molecule has 0 aliphatic carbocycles. The van der Waals surface area contributed by atoms with E-state index in [4.69, 9.17) is 0 Å². The van der Waals surface area contributed by atoms with Crippen molar-refractivity contribution in [1.82, 2.24) is 25.3 Å². The summed E-state index contributed by atoms with van der Waals surface area (Å²) >= 11 is 1.59. The van der Waals surface area contributed by atoms with Gasteiger partial charge in [-0.05, 0) is 45.0 Å². The number of hydrogen-bond donors (Lipinski definition) is 1. The molecule has 0 amide bonds. The van der Waals surface area contributed by atoms with Crippen LogP contribution in [0.2, 0.25) is 0 Å². The lowest BCUT2D eigenvalue weighted by Gasteiger charge is -2.13. The maximum absolute atomic E-state index is 13.0. The first kappa shape index (κ1) is 15.8. The van der Waals surface area contributed by atoms with E-state index in [2.05, 4.69) is 27.5 Å². The quantitative estimate of drug-likeness (QED) is 0.779. The van der Waals surface area contributed by atoms with Crippen molar-refractivity contribution in [2.75, 3.05) is 0 Å². The molecule has 120 valence electrons. The molecule has 0 saturated carbocycles. The fraction of sp³-hybridized carbons (Fsp3) is 0.312. The van der Waals surface area contributed by atoms with Crippen LogP contribution in [0.1, 0.15) is 34.2 Å². The van der Waals surface area contributed by atoms with Gasteiger partial charge in [-0.25, -0.2) is 9.07 Å². The predicted molar refractivity (Wildman–Crippen MR) is 88.2 cm³/mol. The smallest absolute Gasteiger partial charge is 0.131 e. The third kappa shape index (κ3) is 3.46. The summed E-state index contributed by atoms with van der Waals surface area (Å²) in [5, 5.41) is 17.9. The van der Waals surface area contributed by atoms with Crippen molar-refractivity contribution >= 4 is 11.3 Å². The van der Waals surface area contributed by atoms with Gasteiger partial charge in [0.15, 0.2) is 0 Å². The summed E-state index contributed by atoms with van der Waals surface area (Å²) in [6.07, 6.45) is 1.85. The molecule has 1 N–H and O–H groups in total. The lowest BCUT2D eigenvalue weighted by molar-refractivity contribution is 0.568. The summed E-state index contributed by atoms with van der Waals surface area (Å²) < 4.78 is 14.9. The highest BCUT2D eigenvalue weighted by atomic mass is 32.1. The molecule has 5 nitrogen and oxygen atoms in total. The van der Waals surface area contributed by atoms with Gasteiger partial charge in [0.2, 0.25) is 0 Å². The summed E-state index contributed by atoms with van der Waals surface area (Å²) in [5.41, 5.74) is 2.99. The van der Waals surface area contributed by atoms with Crippen LogP contribution in [-0.2, 0) is 6.54 Å². The van der Waals surface area contributed by atoms with Gasteiger partial charge in [0.1, 0.15) is 15.8 Å². The van der Waals surface area contributed by atoms with Crippen LogP contribution in [0.15, 0.2) is 30.5 Å². The average Bonchev–Trinajstić information content (AvgIpc) is 3.12. The molecule has 1 aromatic carbocycles. The van der Waals surface area contributed by atoms with Gasteiger partial charge >= 0.3 is 0 Å². The van der Waals surface area contributed by atoms with Gasteiger partial charge in [-0.1, -0.05) is 0 Å². The number of aromatic nitrogens is 4. The van der Waals surface area contributed by atoms with Crippen molar-refractivity contribution in [2.24, 2.45) is 0 Å². The van der Waals surface area contributed by atoms with Crippen molar-refractivity contribution in [3.63, 3.8) is 0 Å². The summed E-state index contributed by atoms with van der Waals surface area (Å²) in [6.45, 7) is 6.72. The molecule has 0 aliphatic rings. The highest BCUT2D eigenvalue weighted by Gasteiger charge is 2.14. The summed E-state index contributed by atoms with van der Waals surface area (Å²) in [5.74, 6) is -0.249. The van der Waals surface area contributed by atoms with Gasteiger partial charge in [0, 0.05) is 17.3 Å². The summed E-state index contributed by atoms with van der Waals surface area (Å²) in [6, 6.07) is 6.46. The molecule has 0 spiro atoms. The van der Waals surface area contributed by atoms with Crippen molar-refractivity contribution in [3.05, 3.63) is 57.6 Å².